The SMILES string of the molecule is CCCNC(=O)N1CC(CC)NCC1CC. The van der Waals surface area contributed by atoms with Crippen LogP contribution in [0.2, 0.25) is 0 Å². The molecular weight excluding hydrogens is 202 g/mol. The van der Waals surface area contributed by atoms with Crippen molar-refractivity contribution in [3.63, 3.8) is 0 Å². The zero-order chi connectivity index (χ0) is 12.0. The summed E-state index contributed by atoms with van der Waals surface area (Å²) in [5, 5.41) is 6.46. The molecule has 1 heterocycles. The lowest BCUT2D eigenvalue weighted by Crippen LogP contribution is -2.60. The monoisotopic (exact) mass is 227 g/mol. The van der Waals surface area contributed by atoms with Crippen LogP contribution in [0.25, 0.3) is 0 Å². The molecule has 0 aromatic heterocycles. The van der Waals surface area contributed by atoms with E-state index in [0.29, 0.717) is 12.1 Å². The summed E-state index contributed by atoms with van der Waals surface area (Å²) in [6.07, 6.45) is 3.09. The van der Waals surface area contributed by atoms with Gasteiger partial charge in [-0.25, -0.2) is 4.79 Å². The summed E-state index contributed by atoms with van der Waals surface area (Å²) in [6.45, 7) is 8.91. The average Bonchev–Trinajstić information content (AvgIpc) is 2.35. The van der Waals surface area contributed by atoms with E-state index in [9.17, 15) is 4.79 Å². The minimum atomic E-state index is 0.105. The Bertz CT molecular complexity index is 220. The molecule has 1 rings (SSSR count). The number of hydrogen-bond donors (Lipinski definition) is 2. The number of nitrogens with zero attached hydrogens (tertiary/aromatic N) is 1. The summed E-state index contributed by atoms with van der Waals surface area (Å²) in [4.78, 5) is 14.0. The molecule has 2 amide bonds. The Morgan fingerprint density at radius 3 is 2.69 bits per heavy atom. The molecule has 4 heteroatoms. The van der Waals surface area contributed by atoms with Crippen LogP contribution in [0.1, 0.15) is 40.0 Å². The molecule has 0 aliphatic carbocycles. The van der Waals surface area contributed by atoms with Crippen molar-refractivity contribution in [1.29, 1.82) is 0 Å². The highest BCUT2D eigenvalue weighted by Crippen LogP contribution is 2.12. The normalized spacial score (nSPS) is 25.6. The van der Waals surface area contributed by atoms with Crippen molar-refractivity contribution in [2.75, 3.05) is 19.6 Å². The second-order valence-electron chi connectivity index (χ2n) is 4.46. The zero-order valence-corrected chi connectivity index (χ0v) is 10.8. The van der Waals surface area contributed by atoms with E-state index in [2.05, 4.69) is 31.4 Å². The first-order chi connectivity index (χ1) is 7.72. The molecule has 2 N–H and O–H groups in total. The molecule has 0 spiro atoms. The standard InChI is InChI=1S/C12H25N3O/c1-4-7-13-12(16)15-9-10(5-2)14-8-11(15)6-3/h10-11,14H,4-9H2,1-3H3,(H,13,16). The number of carbonyl (C=O) groups excluding carboxylic acids is 1. The smallest absolute Gasteiger partial charge is 0.317 e. The molecule has 0 saturated carbocycles. The minimum Gasteiger partial charge on any atom is -0.338 e. The molecular formula is C12H25N3O. The largest absolute Gasteiger partial charge is 0.338 e. The first kappa shape index (κ1) is 13.3. The summed E-state index contributed by atoms with van der Waals surface area (Å²) >= 11 is 0. The minimum absolute atomic E-state index is 0.105. The molecule has 0 aromatic carbocycles. The van der Waals surface area contributed by atoms with Crippen LogP contribution in [-0.2, 0) is 0 Å². The Balaban J connectivity index is 2.53. The first-order valence-electron chi connectivity index (χ1n) is 6.50. The number of urea groups is 1. The van der Waals surface area contributed by atoms with Crippen LogP contribution in [0.15, 0.2) is 0 Å². The molecule has 0 bridgehead atoms. The van der Waals surface area contributed by atoms with Gasteiger partial charge in [-0.2, -0.15) is 0 Å². The predicted octanol–water partition coefficient (Wildman–Crippen LogP) is 1.57. The van der Waals surface area contributed by atoms with Gasteiger partial charge in [0.15, 0.2) is 0 Å². The van der Waals surface area contributed by atoms with Gasteiger partial charge >= 0.3 is 6.03 Å². The molecule has 16 heavy (non-hydrogen) atoms. The van der Waals surface area contributed by atoms with E-state index in [-0.39, 0.29) is 6.03 Å². The Kier molecular flexibility index (Phi) is 5.60. The van der Waals surface area contributed by atoms with Gasteiger partial charge in [-0.05, 0) is 19.3 Å². The van der Waals surface area contributed by atoms with Crippen LogP contribution in [0, 0.1) is 0 Å². The number of nitrogens with one attached hydrogen (secondary N) is 2. The maximum Gasteiger partial charge on any atom is 0.317 e. The molecule has 1 aliphatic rings. The van der Waals surface area contributed by atoms with Gasteiger partial charge in [-0.1, -0.05) is 20.8 Å². The first-order valence-corrected chi connectivity index (χ1v) is 6.50. The lowest BCUT2D eigenvalue weighted by atomic mass is 10.1. The number of amides is 2. The maximum absolute atomic E-state index is 12.0. The van der Waals surface area contributed by atoms with Gasteiger partial charge in [-0.15, -0.1) is 0 Å². The van der Waals surface area contributed by atoms with Gasteiger partial charge in [0.05, 0.1) is 0 Å². The molecule has 0 aromatic rings. The van der Waals surface area contributed by atoms with E-state index in [4.69, 9.17) is 0 Å². The summed E-state index contributed by atoms with van der Waals surface area (Å²) in [6, 6.07) is 0.906. The fourth-order valence-corrected chi connectivity index (χ4v) is 2.08. The van der Waals surface area contributed by atoms with Crippen molar-refractivity contribution in [2.24, 2.45) is 0 Å². The van der Waals surface area contributed by atoms with Crippen molar-refractivity contribution >= 4 is 6.03 Å². The van der Waals surface area contributed by atoms with Crippen molar-refractivity contribution in [2.45, 2.75) is 52.1 Å². The molecule has 1 fully saturated rings. The molecule has 1 aliphatic heterocycles. The quantitative estimate of drug-likeness (QED) is 0.765. The highest BCUT2D eigenvalue weighted by molar-refractivity contribution is 5.74. The number of carbonyl (C=O) groups is 1. The van der Waals surface area contributed by atoms with Crippen LogP contribution in [0.5, 0.6) is 0 Å². The summed E-state index contributed by atoms with van der Waals surface area (Å²) in [5.74, 6) is 0. The number of hydrogen-bond acceptors (Lipinski definition) is 2. The number of piperazine rings is 1. The Labute approximate surface area is 98.8 Å². The van der Waals surface area contributed by atoms with Crippen LogP contribution < -0.4 is 10.6 Å². The Morgan fingerprint density at radius 2 is 2.12 bits per heavy atom. The van der Waals surface area contributed by atoms with Crippen molar-refractivity contribution in [1.82, 2.24) is 15.5 Å². The predicted molar refractivity (Wildman–Crippen MR) is 66.6 cm³/mol. The van der Waals surface area contributed by atoms with E-state index in [1.165, 1.54) is 0 Å². The van der Waals surface area contributed by atoms with Gasteiger partial charge in [0.2, 0.25) is 0 Å². The Morgan fingerprint density at radius 1 is 1.38 bits per heavy atom. The van der Waals surface area contributed by atoms with Crippen molar-refractivity contribution < 1.29 is 4.79 Å². The second kappa shape index (κ2) is 6.74. The van der Waals surface area contributed by atoms with E-state index in [0.717, 1.165) is 38.9 Å². The lowest BCUT2D eigenvalue weighted by Gasteiger charge is -2.39. The van der Waals surface area contributed by atoms with Crippen LogP contribution >= 0.6 is 0 Å². The van der Waals surface area contributed by atoms with Gasteiger partial charge in [0, 0.05) is 31.7 Å². The third-order valence-corrected chi connectivity index (χ3v) is 3.25. The summed E-state index contributed by atoms with van der Waals surface area (Å²) < 4.78 is 0. The molecule has 1 saturated heterocycles. The second-order valence-corrected chi connectivity index (χ2v) is 4.46. The Hall–Kier alpha value is -0.770. The highest BCUT2D eigenvalue weighted by atomic mass is 16.2. The van der Waals surface area contributed by atoms with Crippen molar-refractivity contribution in [3.05, 3.63) is 0 Å². The molecule has 2 unspecified atom stereocenters. The van der Waals surface area contributed by atoms with Gasteiger partial charge in [0.25, 0.3) is 0 Å². The van der Waals surface area contributed by atoms with Crippen molar-refractivity contribution in [3.8, 4) is 0 Å². The third-order valence-electron chi connectivity index (χ3n) is 3.25. The zero-order valence-electron chi connectivity index (χ0n) is 10.8. The third kappa shape index (κ3) is 3.37. The molecule has 4 nitrogen and oxygen atoms in total. The fraction of sp³-hybridized carbons (Fsp3) is 0.917. The summed E-state index contributed by atoms with van der Waals surface area (Å²) in [5.41, 5.74) is 0. The highest BCUT2D eigenvalue weighted by Gasteiger charge is 2.28. The van der Waals surface area contributed by atoms with Gasteiger partial charge < -0.3 is 15.5 Å². The molecule has 2 atom stereocenters. The maximum atomic E-state index is 12.0. The molecule has 0 radical (unpaired) electrons. The lowest BCUT2D eigenvalue weighted by molar-refractivity contribution is 0.136. The van der Waals surface area contributed by atoms with Gasteiger partial charge in [-0.3, -0.25) is 0 Å². The van der Waals surface area contributed by atoms with Gasteiger partial charge in [0.1, 0.15) is 0 Å². The average molecular weight is 227 g/mol. The fourth-order valence-electron chi connectivity index (χ4n) is 2.08. The van der Waals surface area contributed by atoms with E-state index in [1.807, 2.05) is 4.90 Å². The van der Waals surface area contributed by atoms with E-state index < -0.39 is 0 Å². The summed E-state index contributed by atoms with van der Waals surface area (Å²) in [7, 11) is 0. The topological polar surface area (TPSA) is 44.4 Å². The van der Waals surface area contributed by atoms with Crippen LogP contribution in [0.4, 0.5) is 4.79 Å². The number of rotatable bonds is 4. The van der Waals surface area contributed by atoms with Crippen LogP contribution in [-0.4, -0.2) is 42.6 Å². The molecule has 94 valence electrons. The van der Waals surface area contributed by atoms with E-state index in [1.54, 1.807) is 0 Å². The van der Waals surface area contributed by atoms with Crippen LogP contribution in [0.3, 0.4) is 0 Å². The van der Waals surface area contributed by atoms with E-state index >= 15 is 0 Å².